The predicted molar refractivity (Wildman–Crippen MR) is 76.9 cm³/mol. The van der Waals surface area contributed by atoms with Crippen LogP contribution in [-0.2, 0) is 0 Å². The summed E-state index contributed by atoms with van der Waals surface area (Å²) in [5.41, 5.74) is 1.87. The second-order valence-corrected chi connectivity index (χ2v) is 5.90. The van der Waals surface area contributed by atoms with Crippen molar-refractivity contribution in [2.45, 2.75) is 13.8 Å². The molecule has 0 spiro atoms. The number of benzene rings is 1. The van der Waals surface area contributed by atoms with E-state index in [0.717, 1.165) is 11.5 Å². The van der Waals surface area contributed by atoms with Gasteiger partial charge in [-0.1, -0.05) is 38.1 Å². The summed E-state index contributed by atoms with van der Waals surface area (Å²) in [5, 5.41) is 0. The van der Waals surface area contributed by atoms with Gasteiger partial charge in [-0.05, 0) is 23.1 Å². The minimum Gasteiger partial charge on any atom is -0.238 e. The molecule has 0 atom stereocenters. The van der Waals surface area contributed by atoms with Gasteiger partial charge in [-0.2, -0.15) is 0 Å². The second kappa shape index (κ2) is 7.43. The average Bonchev–Trinajstić information content (AvgIpc) is 2.31. The van der Waals surface area contributed by atoms with Crippen LogP contribution in [0.3, 0.4) is 0 Å². The highest BCUT2D eigenvalue weighted by Crippen LogP contribution is 2.30. The van der Waals surface area contributed by atoms with E-state index in [1.54, 1.807) is 0 Å². The molecule has 0 N–H and O–H groups in total. The van der Waals surface area contributed by atoms with Gasteiger partial charge in [0, 0.05) is 4.24 Å². The standard InChI is InChI=1S/C13H15NS2/c1-4-15-13(16-5-2)10-11-6-8-12(14-3)9-7-11/h6-10H,4-5H2,1-2H3. The summed E-state index contributed by atoms with van der Waals surface area (Å²) in [4.78, 5) is 3.38. The number of thioether (sulfide) groups is 2. The molecule has 0 saturated carbocycles. The number of hydrogen-bond donors (Lipinski definition) is 0. The zero-order valence-corrected chi connectivity index (χ0v) is 11.2. The normalized spacial score (nSPS) is 9.56. The SMILES string of the molecule is [C-]#[N+]c1ccc(C=C(SCC)SCC)cc1. The highest BCUT2D eigenvalue weighted by atomic mass is 32.2. The first-order chi connectivity index (χ1) is 7.80. The van der Waals surface area contributed by atoms with Crippen LogP contribution in [0, 0.1) is 6.57 Å². The van der Waals surface area contributed by atoms with Gasteiger partial charge in [-0.3, -0.25) is 0 Å². The summed E-state index contributed by atoms with van der Waals surface area (Å²) >= 11 is 3.74. The number of hydrogen-bond acceptors (Lipinski definition) is 2. The molecule has 0 aliphatic heterocycles. The molecule has 84 valence electrons. The van der Waals surface area contributed by atoms with Crippen LogP contribution in [0.4, 0.5) is 5.69 Å². The summed E-state index contributed by atoms with van der Waals surface area (Å²) in [6, 6.07) is 7.73. The highest BCUT2D eigenvalue weighted by Gasteiger charge is 1.97. The number of nitrogens with zero attached hydrogens (tertiary/aromatic N) is 1. The summed E-state index contributed by atoms with van der Waals surface area (Å²) in [5.74, 6) is 2.19. The van der Waals surface area contributed by atoms with Gasteiger partial charge < -0.3 is 0 Å². The van der Waals surface area contributed by atoms with Crippen molar-refractivity contribution in [2.75, 3.05) is 11.5 Å². The topological polar surface area (TPSA) is 4.36 Å². The molecule has 16 heavy (non-hydrogen) atoms. The molecular weight excluding hydrogens is 234 g/mol. The molecule has 3 heteroatoms. The van der Waals surface area contributed by atoms with Crippen LogP contribution in [0.2, 0.25) is 0 Å². The Bertz CT molecular complexity index is 379. The van der Waals surface area contributed by atoms with Gasteiger partial charge >= 0.3 is 0 Å². The lowest BCUT2D eigenvalue weighted by Gasteiger charge is -2.03. The maximum absolute atomic E-state index is 6.89. The molecule has 1 nitrogen and oxygen atoms in total. The third kappa shape index (κ3) is 4.34. The van der Waals surface area contributed by atoms with Crippen LogP contribution >= 0.6 is 23.5 Å². The fraction of sp³-hybridized carbons (Fsp3) is 0.308. The molecule has 0 aliphatic rings. The maximum atomic E-state index is 6.89. The van der Waals surface area contributed by atoms with Crippen LogP contribution in [0.25, 0.3) is 10.9 Å². The van der Waals surface area contributed by atoms with Crippen molar-refractivity contribution in [3.05, 3.63) is 45.5 Å². The Kier molecular flexibility index (Phi) is 6.14. The van der Waals surface area contributed by atoms with Crippen LogP contribution < -0.4 is 0 Å². The molecule has 1 rings (SSSR count). The highest BCUT2D eigenvalue weighted by molar-refractivity contribution is 8.22. The van der Waals surface area contributed by atoms with E-state index in [9.17, 15) is 0 Å². The summed E-state index contributed by atoms with van der Waals surface area (Å²) in [6.07, 6.45) is 2.19. The van der Waals surface area contributed by atoms with Gasteiger partial charge in [-0.15, -0.1) is 23.5 Å². The molecule has 0 amide bonds. The lowest BCUT2D eigenvalue weighted by Crippen LogP contribution is -1.76. The van der Waals surface area contributed by atoms with Crippen molar-refractivity contribution in [1.82, 2.24) is 0 Å². The van der Waals surface area contributed by atoms with E-state index in [1.807, 2.05) is 47.8 Å². The van der Waals surface area contributed by atoms with E-state index in [4.69, 9.17) is 6.57 Å². The molecule has 0 radical (unpaired) electrons. The van der Waals surface area contributed by atoms with Crippen molar-refractivity contribution in [3.8, 4) is 0 Å². The van der Waals surface area contributed by atoms with Gasteiger partial charge in [0.25, 0.3) is 0 Å². The minimum atomic E-state index is 0.699. The van der Waals surface area contributed by atoms with E-state index >= 15 is 0 Å². The van der Waals surface area contributed by atoms with Crippen LogP contribution in [0.15, 0.2) is 28.5 Å². The van der Waals surface area contributed by atoms with Crippen molar-refractivity contribution in [1.29, 1.82) is 0 Å². The summed E-state index contributed by atoms with van der Waals surface area (Å²) in [6.45, 7) is 11.2. The van der Waals surface area contributed by atoms with Gasteiger partial charge in [0.1, 0.15) is 0 Å². The second-order valence-electron chi connectivity index (χ2n) is 3.03. The van der Waals surface area contributed by atoms with E-state index in [-0.39, 0.29) is 0 Å². The zero-order chi connectivity index (χ0) is 11.8. The predicted octanol–water partition coefficient (Wildman–Crippen LogP) is 5.04. The summed E-state index contributed by atoms with van der Waals surface area (Å²) < 4.78 is 1.35. The van der Waals surface area contributed by atoms with Gasteiger partial charge in [0.2, 0.25) is 0 Å². The first kappa shape index (κ1) is 13.2. The third-order valence-corrected chi connectivity index (χ3v) is 3.97. The van der Waals surface area contributed by atoms with Crippen molar-refractivity contribution < 1.29 is 0 Å². The van der Waals surface area contributed by atoms with E-state index in [1.165, 1.54) is 9.80 Å². The van der Waals surface area contributed by atoms with E-state index in [0.29, 0.717) is 5.69 Å². The molecule has 0 heterocycles. The maximum Gasteiger partial charge on any atom is 0.187 e. The Morgan fingerprint density at radius 1 is 1.19 bits per heavy atom. The lowest BCUT2D eigenvalue weighted by atomic mass is 10.2. The largest absolute Gasteiger partial charge is 0.238 e. The molecule has 0 aliphatic carbocycles. The van der Waals surface area contributed by atoms with Crippen LogP contribution in [0.1, 0.15) is 19.4 Å². The first-order valence-electron chi connectivity index (χ1n) is 5.25. The molecule has 0 fully saturated rings. The number of rotatable bonds is 5. The fourth-order valence-corrected chi connectivity index (χ4v) is 3.24. The lowest BCUT2D eigenvalue weighted by molar-refractivity contribution is 1.53. The van der Waals surface area contributed by atoms with Crippen LogP contribution in [0.5, 0.6) is 0 Å². The summed E-state index contributed by atoms with van der Waals surface area (Å²) in [7, 11) is 0. The minimum absolute atomic E-state index is 0.699. The molecule has 0 aromatic heterocycles. The molecular formula is C13H15NS2. The first-order valence-corrected chi connectivity index (χ1v) is 7.22. The smallest absolute Gasteiger partial charge is 0.187 e. The van der Waals surface area contributed by atoms with Gasteiger partial charge in [-0.25, -0.2) is 4.85 Å². The molecule has 1 aromatic carbocycles. The Labute approximate surface area is 106 Å². The molecule has 0 unspecified atom stereocenters. The van der Waals surface area contributed by atoms with Crippen molar-refractivity contribution in [3.63, 3.8) is 0 Å². The van der Waals surface area contributed by atoms with E-state index < -0.39 is 0 Å². The molecule has 0 saturated heterocycles. The quantitative estimate of drug-likeness (QED) is 0.673. The zero-order valence-electron chi connectivity index (χ0n) is 9.56. The molecule has 0 bridgehead atoms. The molecule has 1 aromatic rings. The van der Waals surface area contributed by atoms with Crippen molar-refractivity contribution >= 4 is 35.3 Å². The Balaban J connectivity index is 2.81. The Morgan fingerprint density at radius 3 is 2.19 bits per heavy atom. The van der Waals surface area contributed by atoms with Gasteiger partial charge in [0.05, 0.1) is 6.57 Å². The third-order valence-electron chi connectivity index (χ3n) is 1.88. The van der Waals surface area contributed by atoms with Crippen LogP contribution in [-0.4, -0.2) is 11.5 Å². The fourth-order valence-electron chi connectivity index (χ4n) is 1.19. The Morgan fingerprint density at radius 2 is 1.75 bits per heavy atom. The van der Waals surface area contributed by atoms with Crippen molar-refractivity contribution in [2.24, 2.45) is 0 Å². The monoisotopic (exact) mass is 249 g/mol. The van der Waals surface area contributed by atoms with Gasteiger partial charge in [0.15, 0.2) is 5.69 Å². The average molecular weight is 249 g/mol. The Hall–Kier alpha value is -0.850. The van der Waals surface area contributed by atoms with E-state index in [2.05, 4.69) is 24.8 Å².